The predicted octanol–water partition coefficient (Wildman–Crippen LogP) is 2.76. The number of hydrogen-bond acceptors (Lipinski definition) is 2. The molecule has 1 aromatic carbocycles. The summed E-state index contributed by atoms with van der Waals surface area (Å²) in [6.07, 6.45) is 2.19. The van der Waals surface area contributed by atoms with Crippen molar-refractivity contribution in [3.63, 3.8) is 0 Å². The number of nitrogens with zero attached hydrogens (tertiary/aromatic N) is 1. The standard InChI is InChI=1S/C14H15NO2/c1-2-17-14(16)12-9-11-6-3-5-10-7-4-8-15(12)13(10)11/h3,5-6,9H,2,4,7-8H2,1H3. The zero-order valence-corrected chi connectivity index (χ0v) is 9.90. The van der Waals surface area contributed by atoms with Crippen LogP contribution >= 0.6 is 0 Å². The molecular formula is C14H15NO2. The third-order valence-corrected chi connectivity index (χ3v) is 3.32. The van der Waals surface area contributed by atoms with E-state index in [1.807, 2.05) is 13.0 Å². The number of carbonyl (C=O) groups excluding carboxylic acids is 1. The van der Waals surface area contributed by atoms with E-state index in [0.29, 0.717) is 12.3 Å². The van der Waals surface area contributed by atoms with E-state index in [4.69, 9.17) is 4.74 Å². The van der Waals surface area contributed by atoms with Crippen molar-refractivity contribution in [1.82, 2.24) is 4.57 Å². The van der Waals surface area contributed by atoms with E-state index in [1.165, 1.54) is 11.1 Å². The minimum atomic E-state index is -0.212. The Bertz CT molecular complexity index is 583. The molecule has 0 bridgehead atoms. The Morgan fingerprint density at radius 2 is 2.35 bits per heavy atom. The summed E-state index contributed by atoms with van der Waals surface area (Å²) in [5.41, 5.74) is 3.24. The average Bonchev–Trinajstić information content (AvgIpc) is 2.72. The van der Waals surface area contributed by atoms with Crippen LogP contribution in [-0.4, -0.2) is 17.1 Å². The van der Waals surface area contributed by atoms with Gasteiger partial charge in [0.25, 0.3) is 0 Å². The summed E-state index contributed by atoms with van der Waals surface area (Å²) in [6.45, 7) is 3.17. The van der Waals surface area contributed by atoms with Crippen molar-refractivity contribution in [3.05, 3.63) is 35.5 Å². The van der Waals surface area contributed by atoms with Gasteiger partial charge >= 0.3 is 5.97 Å². The van der Waals surface area contributed by atoms with Gasteiger partial charge in [-0.2, -0.15) is 0 Å². The van der Waals surface area contributed by atoms with E-state index in [0.717, 1.165) is 24.8 Å². The third kappa shape index (κ3) is 1.54. The van der Waals surface area contributed by atoms with E-state index >= 15 is 0 Å². The number of para-hydroxylation sites is 1. The molecule has 0 spiro atoms. The van der Waals surface area contributed by atoms with Crippen LogP contribution in [0.5, 0.6) is 0 Å². The van der Waals surface area contributed by atoms with Crippen molar-refractivity contribution in [1.29, 1.82) is 0 Å². The number of hydrogen-bond donors (Lipinski definition) is 0. The molecule has 3 rings (SSSR count). The van der Waals surface area contributed by atoms with Crippen LogP contribution in [0.25, 0.3) is 10.9 Å². The number of aromatic nitrogens is 1. The van der Waals surface area contributed by atoms with E-state index in [2.05, 4.69) is 22.8 Å². The highest BCUT2D eigenvalue weighted by molar-refractivity contribution is 5.96. The molecule has 0 radical (unpaired) electrons. The van der Waals surface area contributed by atoms with Crippen LogP contribution in [0.3, 0.4) is 0 Å². The quantitative estimate of drug-likeness (QED) is 0.741. The molecule has 1 aromatic heterocycles. The van der Waals surface area contributed by atoms with Gasteiger partial charge in [-0.05, 0) is 31.4 Å². The lowest BCUT2D eigenvalue weighted by Crippen LogP contribution is -2.15. The maximum Gasteiger partial charge on any atom is 0.354 e. The molecule has 1 aliphatic rings. The highest BCUT2D eigenvalue weighted by atomic mass is 16.5. The molecule has 0 atom stereocenters. The van der Waals surface area contributed by atoms with E-state index < -0.39 is 0 Å². The molecule has 0 N–H and O–H groups in total. The second-order valence-electron chi connectivity index (χ2n) is 4.36. The predicted molar refractivity (Wildman–Crippen MR) is 66.2 cm³/mol. The molecule has 88 valence electrons. The van der Waals surface area contributed by atoms with Gasteiger partial charge < -0.3 is 9.30 Å². The van der Waals surface area contributed by atoms with Crippen molar-refractivity contribution in [2.24, 2.45) is 0 Å². The fraction of sp³-hybridized carbons (Fsp3) is 0.357. The molecule has 17 heavy (non-hydrogen) atoms. The van der Waals surface area contributed by atoms with Gasteiger partial charge in [-0.3, -0.25) is 0 Å². The van der Waals surface area contributed by atoms with Crippen LogP contribution in [0.1, 0.15) is 29.4 Å². The van der Waals surface area contributed by atoms with Crippen molar-refractivity contribution < 1.29 is 9.53 Å². The van der Waals surface area contributed by atoms with E-state index in [1.54, 1.807) is 0 Å². The Balaban J connectivity index is 2.21. The largest absolute Gasteiger partial charge is 0.461 e. The highest BCUT2D eigenvalue weighted by Crippen LogP contribution is 2.28. The highest BCUT2D eigenvalue weighted by Gasteiger charge is 2.20. The lowest BCUT2D eigenvalue weighted by atomic mass is 10.0. The minimum absolute atomic E-state index is 0.212. The second kappa shape index (κ2) is 3.91. The van der Waals surface area contributed by atoms with Crippen LogP contribution < -0.4 is 0 Å². The molecule has 0 fully saturated rings. The molecule has 3 heteroatoms. The molecule has 0 unspecified atom stereocenters. The normalized spacial score (nSPS) is 13.9. The third-order valence-electron chi connectivity index (χ3n) is 3.32. The van der Waals surface area contributed by atoms with Crippen LogP contribution in [0, 0.1) is 0 Å². The van der Waals surface area contributed by atoms with Crippen LogP contribution in [0.4, 0.5) is 0 Å². The van der Waals surface area contributed by atoms with Crippen molar-refractivity contribution >= 4 is 16.9 Å². The summed E-state index contributed by atoms with van der Waals surface area (Å²) >= 11 is 0. The van der Waals surface area contributed by atoms with Gasteiger partial charge in [0.15, 0.2) is 0 Å². The summed E-state index contributed by atoms with van der Waals surface area (Å²) in [6, 6.07) is 8.21. The first kappa shape index (κ1) is 10.4. The fourth-order valence-corrected chi connectivity index (χ4v) is 2.64. The van der Waals surface area contributed by atoms with Gasteiger partial charge in [-0.1, -0.05) is 18.2 Å². The molecule has 0 saturated carbocycles. The van der Waals surface area contributed by atoms with Crippen LogP contribution in [-0.2, 0) is 17.7 Å². The minimum Gasteiger partial charge on any atom is -0.461 e. The summed E-state index contributed by atoms with van der Waals surface area (Å²) in [5.74, 6) is -0.212. The van der Waals surface area contributed by atoms with Crippen molar-refractivity contribution in [2.45, 2.75) is 26.3 Å². The van der Waals surface area contributed by atoms with Gasteiger partial charge in [0.1, 0.15) is 5.69 Å². The second-order valence-corrected chi connectivity index (χ2v) is 4.36. The smallest absolute Gasteiger partial charge is 0.354 e. The number of benzene rings is 1. The maximum absolute atomic E-state index is 11.9. The van der Waals surface area contributed by atoms with Crippen molar-refractivity contribution in [3.8, 4) is 0 Å². The van der Waals surface area contributed by atoms with Gasteiger partial charge in [-0.15, -0.1) is 0 Å². The lowest BCUT2D eigenvalue weighted by molar-refractivity contribution is 0.0514. The fourth-order valence-electron chi connectivity index (χ4n) is 2.64. The summed E-state index contributed by atoms with van der Waals surface area (Å²) in [4.78, 5) is 11.9. The zero-order chi connectivity index (χ0) is 11.8. The first-order valence-electron chi connectivity index (χ1n) is 6.09. The van der Waals surface area contributed by atoms with Crippen LogP contribution in [0.2, 0.25) is 0 Å². The Labute approximate surface area is 100.0 Å². The monoisotopic (exact) mass is 229 g/mol. The summed E-state index contributed by atoms with van der Waals surface area (Å²) in [7, 11) is 0. The maximum atomic E-state index is 11.9. The molecule has 2 heterocycles. The molecule has 3 nitrogen and oxygen atoms in total. The molecule has 0 aliphatic carbocycles. The Morgan fingerprint density at radius 3 is 3.18 bits per heavy atom. The first-order valence-corrected chi connectivity index (χ1v) is 6.09. The number of aryl methyl sites for hydroxylation is 2. The zero-order valence-electron chi connectivity index (χ0n) is 9.90. The Hall–Kier alpha value is -1.77. The van der Waals surface area contributed by atoms with E-state index in [9.17, 15) is 4.79 Å². The van der Waals surface area contributed by atoms with Crippen molar-refractivity contribution in [2.75, 3.05) is 6.61 Å². The number of esters is 1. The number of ether oxygens (including phenoxy) is 1. The van der Waals surface area contributed by atoms with Gasteiger partial charge in [0, 0.05) is 11.9 Å². The molecule has 2 aromatic rings. The van der Waals surface area contributed by atoms with E-state index in [-0.39, 0.29) is 5.97 Å². The molecule has 0 saturated heterocycles. The van der Waals surface area contributed by atoms with Gasteiger partial charge in [-0.25, -0.2) is 4.79 Å². The topological polar surface area (TPSA) is 31.2 Å². The number of rotatable bonds is 2. The Kier molecular flexibility index (Phi) is 2.39. The molecule has 1 aliphatic heterocycles. The summed E-state index contributed by atoms with van der Waals surface area (Å²) < 4.78 is 7.21. The summed E-state index contributed by atoms with van der Waals surface area (Å²) in [5, 5.41) is 1.14. The van der Waals surface area contributed by atoms with Gasteiger partial charge in [0.2, 0.25) is 0 Å². The van der Waals surface area contributed by atoms with Gasteiger partial charge in [0.05, 0.1) is 12.1 Å². The lowest BCUT2D eigenvalue weighted by Gasteiger charge is -2.17. The Morgan fingerprint density at radius 1 is 1.47 bits per heavy atom. The number of carbonyl (C=O) groups is 1. The SMILES string of the molecule is CCOC(=O)c1cc2cccc3c2n1CCC3. The van der Waals surface area contributed by atoms with Crippen LogP contribution in [0.15, 0.2) is 24.3 Å². The average molecular weight is 229 g/mol. The molecular weight excluding hydrogens is 214 g/mol. The first-order chi connectivity index (χ1) is 8.31. The molecule has 0 amide bonds.